The van der Waals surface area contributed by atoms with Crippen molar-refractivity contribution in [3.8, 4) is 0 Å². The van der Waals surface area contributed by atoms with Gasteiger partial charge in [-0.3, -0.25) is 0 Å². The molecule has 100 valence electrons. The molecule has 0 N–H and O–H groups in total. The Morgan fingerprint density at radius 2 is 1.80 bits per heavy atom. The summed E-state index contributed by atoms with van der Waals surface area (Å²) >= 11 is 1.84. The van der Waals surface area contributed by atoms with Gasteiger partial charge in [-0.25, -0.2) is 0 Å². The van der Waals surface area contributed by atoms with Crippen LogP contribution in [-0.4, -0.2) is 24.2 Å². The van der Waals surface area contributed by atoms with Crippen molar-refractivity contribution < 1.29 is 4.84 Å². The number of anilines is 1. The summed E-state index contributed by atoms with van der Waals surface area (Å²) < 4.78 is 0. The van der Waals surface area contributed by atoms with Crippen molar-refractivity contribution in [3.05, 3.63) is 60.2 Å². The lowest BCUT2D eigenvalue weighted by Gasteiger charge is -2.35. The van der Waals surface area contributed by atoms with E-state index in [2.05, 4.69) is 53.5 Å². The van der Waals surface area contributed by atoms with Crippen molar-refractivity contribution in [1.82, 2.24) is 0 Å². The largest absolute Gasteiger partial charge is 0.369 e. The molecule has 3 nitrogen and oxygen atoms in total. The summed E-state index contributed by atoms with van der Waals surface area (Å²) in [6.45, 7) is 0. The normalized spacial score (nSPS) is 23.6. The van der Waals surface area contributed by atoms with E-state index in [1.807, 2.05) is 30.0 Å². The maximum Gasteiger partial charge on any atom is 0.217 e. The Balaban J connectivity index is 1.73. The van der Waals surface area contributed by atoms with Crippen LogP contribution in [0.15, 0.2) is 64.6 Å². The number of rotatable bonds is 1. The molecule has 0 bridgehead atoms. The molecule has 0 saturated heterocycles. The molecule has 0 amide bonds. The van der Waals surface area contributed by atoms with Crippen LogP contribution in [0.5, 0.6) is 0 Å². The van der Waals surface area contributed by atoms with Crippen LogP contribution < -0.4 is 4.90 Å². The van der Waals surface area contributed by atoms with Gasteiger partial charge in [-0.2, -0.15) is 0 Å². The van der Waals surface area contributed by atoms with Gasteiger partial charge in [0.15, 0.2) is 0 Å². The maximum atomic E-state index is 5.69. The van der Waals surface area contributed by atoms with E-state index < -0.39 is 0 Å². The second-order valence-electron chi connectivity index (χ2n) is 4.96. The first kappa shape index (κ1) is 11.9. The molecule has 20 heavy (non-hydrogen) atoms. The lowest BCUT2D eigenvalue weighted by Crippen LogP contribution is -2.43. The van der Waals surface area contributed by atoms with Crippen molar-refractivity contribution in [2.45, 2.75) is 16.4 Å². The number of nitrogens with zero attached hydrogens (tertiary/aromatic N) is 2. The first-order valence-electron chi connectivity index (χ1n) is 6.62. The van der Waals surface area contributed by atoms with E-state index in [-0.39, 0.29) is 11.5 Å². The van der Waals surface area contributed by atoms with Crippen LogP contribution in [0.4, 0.5) is 5.69 Å². The van der Waals surface area contributed by atoms with Crippen molar-refractivity contribution in [1.29, 1.82) is 0 Å². The van der Waals surface area contributed by atoms with Crippen LogP contribution >= 0.6 is 11.8 Å². The zero-order chi connectivity index (χ0) is 13.5. The van der Waals surface area contributed by atoms with Crippen LogP contribution in [0.1, 0.15) is 5.56 Å². The van der Waals surface area contributed by atoms with Gasteiger partial charge in [0.25, 0.3) is 0 Å². The predicted molar refractivity (Wildman–Crippen MR) is 82.3 cm³/mol. The van der Waals surface area contributed by atoms with Crippen LogP contribution in [0.2, 0.25) is 0 Å². The summed E-state index contributed by atoms with van der Waals surface area (Å²) in [5, 5.41) is 4.56. The molecule has 0 unspecified atom stereocenters. The average Bonchev–Trinajstić information content (AvgIpc) is 2.92. The number of benzene rings is 2. The van der Waals surface area contributed by atoms with E-state index in [9.17, 15) is 0 Å². The minimum Gasteiger partial charge on any atom is -0.369 e. The van der Waals surface area contributed by atoms with Crippen molar-refractivity contribution in [3.63, 3.8) is 0 Å². The molecule has 4 rings (SSSR count). The summed E-state index contributed by atoms with van der Waals surface area (Å²) in [6, 6.07) is 18.7. The fraction of sp³-hybridized carbons (Fsp3) is 0.188. The molecule has 0 saturated carbocycles. The zero-order valence-corrected chi connectivity index (χ0v) is 11.9. The fourth-order valence-electron chi connectivity index (χ4n) is 2.69. The number of para-hydroxylation sites is 1. The van der Waals surface area contributed by atoms with E-state index in [0.29, 0.717) is 0 Å². The number of hydrogen-bond donors (Lipinski definition) is 0. The third-order valence-corrected chi connectivity index (χ3v) is 5.05. The van der Waals surface area contributed by atoms with E-state index in [1.54, 1.807) is 0 Å². The van der Waals surface area contributed by atoms with Crippen molar-refractivity contribution >= 4 is 23.2 Å². The second-order valence-corrected chi connectivity index (χ2v) is 6.14. The summed E-state index contributed by atoms with van der Waals surface area (Å²) in [7, 11) is 2.07. The molecule has 4 heteroatoms. The van der Waals surface area contributed by atoms with Gasteiger partial charge in [-0.15, -0.1) is 11.8 Å². The Hall–Kier alpha value is -1.94. The molecule has 0 radical (unpaired) electrons. The Morgan fingerprint density at radius 1 is 1.05 bits per heavy atom. The monoisotopic (exact) mass is 282 g/mol. The first-order valence-corrected chi connectivity index (χ1v) is 7.50. The number of hydrogen-bond acceptors (Lipinski definition) is 4. The highest BCUT2D eigenvalue weighted by Crippen LogP contribution is 2.44. The number of fused-ring (bicyclic) bond motifs is 2. The smallest absolute Gasteiger partial charge is 0.217 e. The maximum absolute atomic E-state index is 5.69. The molecule has 2 heterocycles. The lowest BCUT2D eigenvalue weighted by atomic mass is 10.1. The van der Waals surface area contributed by atoms with Crippen LogP contribution in [0, 0.1) is 0 Å². The quantitative estimate of drug-likeness (QED) is 0.802. The summed E-state index contributed by atoms with van der Waals surface area (Å²) in [4.78, 5) is 9.15. The van der Waals surface area contributed by atoms with E-state index in [1.165, 1.54) is 10.6 Å². The third kappa shape index (κ3) is 1.72. The van der Waals surface area contributed by atoms with Crippen LogP contribution in [-0.2, 0) is 4.84 Å². The van der Waals surface area contributed by atoms with Gasteiger partial charge in [0.05, 0.1) is 5.69 Å². The van der Waals surface area contributed by atoms with Gasteiger partial charge in [0.2, 0.25) is 6.23 Å². The molecule has 2 atom stereocenters. The van der Waals surface area contributed by atoms with Crippen molar-refractivity contribution in [2.75, 3.05) is 11.9 Å². The first-order chi connectivity index (χ1) is 9.84. The molecular formula is C16H14N2OS. The number of thioether (sulfide) groups is 1. The SMILES string of the molecule is CN1c2ccccc2S[C@H]2C(c3ccccc3)=NO[C@@H]21. The molecule has 0 aliphatic carbocycles. The highest BCUT2D eigenvalue weighted by atomic mass is 32.2. The summed E-state index contributed by atoms with van der Waals surface area (Å²) in [5.41, 5.74) is 3.38. The van der Waals surface area contributed by atoms with E-state index in [0.717, 1.165) is 11.3 Å². The Labute approximate surface area is 122 Å². The van der Waals surface area contributed by atoms with Gasteiger partial charge < -0.3 is 9.74 Å². The highest BCUT2D eigenvalue weighted by Gasteiger charge is 2.42. The van der Waals surface area contributed by atoms with Gasteiger partial charge in [-0.05, 0) is 12.1 Å². The molecule has 2 aromatic carbocycles. The highest BCUT2D eigenvalue weighted by molar-refractivity contribution is 8.01. The van der Waals surface area contributed by atoms with Crippen LogP contribution in [0.3, 0.4) is 0 Å². The summed E-state index contributed by atoms with van der Waals surface area (Å²) in [6.07, 6.45) is -0.0230. The average molecular weight is 282 g/mol. The second kappa shape index (κ2) is 4.56. The Morgan fingerprint density at radius 3 is 2.65 bits per heavy atom. The minimum absolute atomic E-state index is 0.0230. The van der Waals surface area contributed by atoms with Crippen molar-refractivity contribution in [2.24, 2.45) is 5.16 Å². The van der Waals surface area contributed by atoms with Gasteiger partial charge in [0, 0.05) is 17.5 Å². The fourth-order valence-corrected chi connectivity index (χ4v) is 4.09. The Kier molecular flexibility index (Phi) is 2.70. The third-order valence-electron chi connectivity index (χ3n) is 3.74. The van der Waals surface area contributed by atoms with Crippen LogP contribution in [0.25, 0.3) is 0 Å². The molecule has 2 aromatic rings. The predicted octanol–water partition coefficient (Wildman–Crippen LogP) is 3.36. The molecule has 0 spiro atoms. The van der Waals surface area contributed by atoms with E-state index >= 15 is 0 Å². The standard InChI is InChI=1S/C16H14N2OS/c1-18-12-9-5-6-10-13(12)20-15-14(17-19-16(15)18)11-7-3-2-4-8-11/h2-10,15-16H,1H3/t15-,16-/m0/s1. The number of oxime groups is 1. The molecule has 0 aromatic heterocycles. The topological polar surface area (TPSA) is 24.8 Å². The Bertz CT molecular complexity index is 671. The lowest BCUT2D eigenvalue weighted by molar-refractivity contribution is 0.0875. The molecular weight excluding hydrogens is 268 g/mol. The summed E-state index contributed by atoms with van der Waals surface area (Å²) in [5.74, 6) is 0. The van der Waals surface area contributed by atoms with Gasteiger partial charge in [0.1, 0.15) is 11.0 Å². The van der Waals surface area contributed by atoms with E-state index in [4.69, 9.17) is 4.84 Å². The molecule has 2 aliphatic heterocycles. The van der Waals surface area contributed by atoms with Gasteiger partial charge >= 0.3 is 0 Å². The van der Waals surface area contributed by atoms with Gasteiger partial charge in [-0.1, -0.05) is 47.6 Å². The zero-order valence-electron chi connectivity index (χ0n) is 11.1. The molecule has 0 fully saturated rings. The molecule has 2 aliphatic rings. The minimum atomic E-state index is -0.0230.